The summed E-state index contributed by atoms with van der Waals surface area (Å²) in [5.41, 5.74) is 0.450. The smallest absolute Gasteiger partial charge is 0.256 e. The second kappa shape index (κ2) is 6.40. The van der Waals surface area contributed by atoms with E-state index in [0.29, 0.717) is 18.7 Å². The zero-order valence-corrected chi connectivity index (χ0v) is 10.0. The summed E-state index contributed by atoms with van der Waals surface area (Å²) in [5.74, 6) is -0.151. The Hall–Kier alpha value is -1.20. The van der Waals surface area contributed by atoms with Crippen LogP contribution in [0.2, 0.25) is 0 Å². The number of nitrogens with zero attached hydrogens (tertiary/aromatic N) is 3. The van der Waals surface area contributed by atoms with E-state index in [1.54, 1.807) is 14.2 Å². The van der Waals surface area contributed by atoms with Crippen molar-refractivity contribution < 1.29 is 9.53 Å². The highest BCUT2D eigenvalue weighted by Gasteiger charge is 2.15. The van der Waals surface area contributed by atoms with Crippen LogP contribution in [0, 0.1) is 0 Å². The third kappa shape index (κ3) is 3.75. The molecule has 88 valence electrons. The lowest BCUT2D eigenvalue weighted by Gasteiger charge is -2.19. The van der Waals surface area contributed by atoms with E-state index < -0.39 is 0 Å². The highest BCUT2D eigenvalue weighted by Crippen LogP contribution is 2.04. The van der Waals surface area contributed by atoms with Gasteiger partial charge in [-0.05, 0) is 0 Å². The van der Waals surface area contributed by atoms with Gasteiger partial charge in [0.05, 0.1) is 17.5 Å². The maximum atomic E-state index is 11.8. The average Bonchev–Trinajstić information content (AvgIpc) is 2.29. The van der Waals surface area contributed by atoms with E-state index in [1.807, 2.05) is 0 Å². The molecule has 1 rings (SSSR count). The number of carbonyl (C=O) groups is 1. The molecule has 1 aromatic rings. The van der Waals surface area contributed by atoms with E-state index in [4.69, 9.17) is 16.3 Å². The minimum atomic E-state index is -0.219. The summed E-state index contributed by atoms with van der Waals surface area (Å²) in [4.78, 5) is 20.9. The van der Waals surface area contributed by atoms with Crippen LogP contribution in [0.1, 0.15) is 10.4 Å². The highest BCUT2D eigenvalue weighted by atomic mass is 35.5. The minimum Gasteiger partial charge on any atom is -0.383 e. The second-order valence-corrected chi connectivity index (χ2v) is 3.98. The summed E-state index contributed by atoms with van der Waals surface area (Å²) in [6, 6.07) is 0. The number of rotatable bonds is 5. The van der Waals surface area contributed by atoms with Crippen molar-refractivity contribution in [1.82, 2.24) is 14.9 Å². The van der Waals surface area contributed by atoms with Gasteiger partial charge >= 0.3 is 0 Å². The normalized spacial score (nSPS) is 12.2. The monoisotopic (exact) mass is 243 g/mol. The van der Waals surface area contributed by atoms with Crippen LogP contribution in [0.3, 0.4) is 0 Å². The number of carbonyl (C=O) groups excluding carboxylic acids is 1. The van der Waals surface area contributed by atoms with Gasteiger partial charge in [0.15, 0.2) is 0 Å². The van der Waals surface area contributed by atoms with Gasteiger partial charge in [0, 0.05) is 33.1 Å². The SMILES string of the molecule is COCC(Cl)CN(C)C(=O)c1cncnc1. The number of halogens is 1. The topological polar surface area (TPSA) is 55.3 Å². The molecule has 0 aliphatic heterocycles. The second-order valence-electron chi connectivity index (χ2n) is 3.37. The maximum Gasteiger partial charge on any atom is 0.256 e. The van der Waals surface area contributed by atoms with Gasteiger partial charge in [0.2, 0.25) is 0 Å². The van der Waals surface area contributed by atoms with Crippen molar-refractivity contribution in [2.45, 2.75) is 5.38 Å². The van der Waals surface area contributed by atoms with E-state index in [9.17, 15) is 4.79 Å². The number of hydrogen-bond acceptors (Lipinski definition) is 4. The first-order chi connectivity index (χ1) is 7.65. The molecular formula is C10H14ClN3O2. The molecule has 0 N–H and O–H groups in total. The largest absolute Gasteiger partial charge is 0.383 e. The summed E-state index contributed by atoms with van der Waals surface area (Å²) in [6.07, 6.45) is 4.34. The Balaban J connectivity index is 2.55. The molecule has 0 fully saturated rings. The standard InChI is InChI=1S/C10H14ClN3O2/c1-14(5-9(11)6-16-2)10(15)8-3-12-7-13-4-8/h3-4,7,9H,5-6H2,1-2H3. The molecule has 1 heterocycles. The molecule has 0 saturated heterocycles. The molecule has 1 aromatic heterocycles. The van der Waals surface area contributed by atoms with Gasteiger partial charge in [0.1, 0.15) is 6.33 Å². The predicted molar refractivity (Wildman–Crippen MR) is 60.5 cm³/mol. The lowest BCUT2D eigenvalue weighted by Crippen LogP contribution is -2.34. The van der Waals surface area contributed by atoms with Crippen molar-refractivity contribution in [2.75, 3.05) is 27.3 Å². The molecule has 6 heteroatoms. The lowest BCUT2D eigenvalue weighted by atomic mass is 10.3. The van der Waals surface area contributed by atoms with E-state index in [-0.39, 0.29) is 11.3 Å². The van der Waals surface area contributed by atoms with Gasteiger partial charge in [-0.3, -0.25) is 4.79 Å². The fourth-order valence-corrected chi connectivity index (χ4v) is 1.58. The Kier molecular flexibility index (Phi) is 5.14. The molecule has 0 radical (unpaired) electrons. The van der Waals surface area contributed by atoms with Crippen LogP contribution in [-0.2, 0) is 4.74 Å². The molecule has 0 aliphatic carbocycles. The zero-order valence-electron chi connectivity index (χ0n) is 9.26. The first-order valence-electron chi connectivity index (χ1n) is 4.78. The van der Waals surface area contributed by atoms with Crippen molar-refractivity contribution in [3.8, 4) is 0 Å². The Morgan fingerprint density at radius 3 is 2.75 bits per heavy atom. The Bertz CT molecular complexity index is 334. The van der Waals surface area contributed by atoms with Crippen molar-refractivity contribution in [2.24, 2.45) is 0 Å². The highest BCUT2D eigenvalue weighted by molar-refractivity contribution is 6.21. The van der Waals surface area contributed by atoms with Crippen LogP contribution in [0.4, 0.5) is 0 Å². The number of hydrogen-bond donors (Lipinski definition) is 0. The molecule has 0 spiro atoms. The van der Waals surface area contributed by atoms with E-state index >= 15 is 0 Å². The molecule has 0 saturated carbocycles. The summed E-state index contributed by atoms with van der Waals surface area (Å²) >= 11 is 5.96. The van der Waals surface area contributed by atoms with E-state index in [1.165, 1.54) is 23.6 Å². The molecule has 5 nitrogen and oxygen atoms in total. The third-order valence-corrected chi connectivity index (χ3v) is 2.24. The van der Waals surface area contributed by atoms with Gasteiger partial charge in [-0.15, -0.1) is 11.6 Å². The zero-order chi connectivity index (χ0) is 12.0. The summed E-state index contributed by atoms with van der Waals surface area (Å²) in [6.45, 7) is 0.827. The van der Waals surface area contributed by atoms with Crippen molar-refractivity contribution in [3.63, 3.8) is 0 Å². The van der Waals surface area contributed by atoms with Gasteiger partial charge < -0.3 is 9.64 Å². The van der Waals surface area contributed by atoms with E-state index in [2.05, 4.69) is 9.97 Å². The fraction of sp³-hybridized carbons (Fsp3) is 0.500. The van der Waals surface area contributed by atoms with Crippen LogP contribution < -0.4 is 0 Å². The quantitative estimate of drug-likeness (QED) is 0.718. The van der Waals surface area contributed by atoms with Gasteiger partial charge in [-0.25, -0.2) is 9.97 Å². The number of ether oxygens (including phenoxy) is 1. The molecule has 0 aliphatic rings. The number of aromatic nitrogens is 2. The number of methoxy groups -OCH3 is 1. The van der Waals surface area contributed by atoms with Crippen LogP contribution in [-0.4, -0.2) is 53.5 Å². The number of amides is 1. The van der Waals surface area contributed by atoms with E-state index in [0.717, 1.165) is 0 Å². The summed E-state index contributed by atoms with van der Waals surface area (Å²) < 4.78 is 4.90. The van der Waals surface area contributed by atoms with Gasteiger partial charge in [-0.1, -0.05) is 0 Å². The van der Waals surface area contributed by atoms with Crippen molar-refractivity contribution in [3.05, 3.63) is 24.3 Å². The Morgan fingerprint density at radius 1 is 1.56 bits per heavy atom. The number of alkyl halides is 1. The van der Waals surface area contributed by atoms with Gasteiger partial charge in [0.25, 0.3) is 5.91 Å². The third-order valence-electron chi connectivity index (χ3n) is 1.97. The molecular weight excluding hydrogens is 230 g/mol. The molecule has 16 heavy (non-hydrogen) atoms. The molecule has 1 amide bonds. The molecule has 0 aromatic carbocycles. The predicted octanol–water partition coefficient (Wildman–Crippen LogP) is 0.802. The Labute approximate surface area is 99.4 Å². The molecule has 1 atom stereocenters. The average molecular weight is 244 g/mol. The molecule has 1 unspecified atom stereocenters. The maximum absolute atomic E-state index is 11.8. The molecule has 0 bridgehead atoms. The van der Waals surface area contributed by atoms with Crippen LogP contribution >= 0.6 is 11.6 Å². The minimum absolute atomic E-state index is 0.151. The van der Waals surface area contributed by atoms with Crippen LogP contribution in [0.15, 0.2) is 18.7 Å². The first-order valence-corrected chi connectivity index (χ1v) is 5.22. The summed E-state index contributed by atoms with van der Waals surface area (Å²) in [5, 5.41) is -0.219. The van der Waals surface area contributed by atoms with Crippen LogP contribution in [0.5, 0.6) is 0 Å². The van der Waals surface area contributed by atoms with Crippen molar-refractivity contribution in [1.29, 1.82) is 0 Å². The van der Waals surface area contributed by atoms with Crippen molar-refractivity contribution >= 4 is 17.5 Å². The first kappa shape index (κ1) is 12.9. The van der Waals surface area contributed by atoms with Crippen LogP contribution in [0.25, 0.3) is 0 Å². The lowest BCUT2D eigenvalue weighted by molar-refractivity contribution is 0.0781. The summed E-state index contributed by atoms with van der Waals surface area (Å²) in [7, 11) is 3.25. The van der Waals surface area contributed by atoms with Gasteiger partial charge in [-0.2, -0.15) is 0 Å². The Morgan fingerprint density at radius 2 is 2.19 bits per heavy atom. The fourth-order valence-electron chi connectivity index (χ4n) is 1.24.